The zero-order chi connectivity index (χ0) is 22.7. The standard InChI is InChI=1S/C24H22O8/c1-4-29-24(26)15(7-14-9-21-22(32-13-31-21)11-19(14)28-3)8-16-12-30-20-10-17(27-2)5-6-18(20)23(16)25/h5-6,8-12H,4,7,13H2,1-3H3/b15-8+. The molecule has 32 heavy (non-hydrogen) atoms. The van der Waals surface area contributed by atoms with Gasteiger partial charge in [-0.15, -0.1) is 0 Å². The lowest BCUT2D eigenvalue weighted by molar-refractivity contribution is -0.138. The van der Waals surface area contributed by atoms with E-state index in [1.54, 1.807) is 37.3 Å². The summed E-state index contributed by atoms with van der Waals surface area (Å²) in [6, 6.07) is 8.40. The first kappa shape index (κ1) is 21.3. The van der Waals surface area contributed by atoms with Crippen molar-refractivity contribution in [2.75, 3.05) is 27.6 Å². The Kier molecular flexibility index (Phi) is 6.02. The number of hydrogen-bond acceptors (Lipinski definition) is 8. The summed E-state index contributed by atoms with van der Waals surface area (Å²) in [6.45, 7) is 2.03. The Morgan fingerprint density at radius 2 is 1.88 bits per heavy atom. The largest absolute Gasteiger partial charge is 0.497 e. The van der Waals surface area contributed by atoms with Crippen LogP contribution in [0.2, 0.25) is 0 Å². The highest BCUT2D eigenvalue weighted by atomic mass is 16.7. The van der Waals surface area contributed by atoms with Gasteiger partial charge in [0, 0.05) is 29.7 Å². The molecule has 1 aliphatic rings. The molecule has 0 spiro atoms. The van der Waals surface area contributed by atoms with Crippen molar-refractivity contribution >= 4 is 23.0 Å². The molecule has 0 aliphatic carbocycles. The number of fused-ring (bicyclic) bond motifs is 2. The van der Waals surface area contributed by atoms with Crippen LogP contribution >= 0.6 is 0 Å². The van der Waals surface area contributed by atoms with E-state index >= 15 is 0 Å². The molecule has 8 nitrogen and oxygen atoms in total. The number of rotatable bonds is 7. The van der Waals surface area contributed by atoms with Gasteiger partial charge in [-0.2, -0.15) is 0 Å². The molecule has 0 amide bonds. The van der Waals surface area contributed by atoms with E-state index in [4.69, 9.17) is 28.1 Å². The number of benzene rings is 2. The summed E-state index contributed by atoms with van der Waals surface area (Å²) < 4.78 is 32.3. The maximum atomic E-state index is 13.0. The molecule has 0 fully saturated rings. The van der Waals surface area contributed by atoms with Gasteiger partial charge in [0.1, 0.15) is 23.3 Å². The Balaban J connectivity index is 1.77. The normalized spacial score (nSPS) is 12.7. The van der Waals surface area contributed by atoms with Gasteiger partial charge in [0.25, 0.3) is 0 Å². The fourth-order valence-electron chi connectivity index (χ4n) is 3.44. The first-order chi connectivity index (χ1) is 15.5. The zero-order valence-electron chi connectivity index (χ0n) is 17.9. The Hall–Kier alpha value is -3.94. The predicted octanol–water partition coefficient (Wildman–Crippen LogP) is 3.73. The van der Waals surface area contributed by atoms with Crippen molar-refractivity contribution in [1.29, 1.82) is 0 Å². The van der Waals surface area contributed by atoms with Gasteiger partial charge in [0.15, 0.2) is 16.9 Å². The molecule has 166 valence electrons. The lowest BCUT2D eigenvalue weighted by Crippen LogP contribution is -2.12. The van der Waals surface area contributed by atoms with Crippen molar-refractivity contribution in [3.63, 3.8) is 0 Å². The lowest BCUT2D eigenvalue weighted by Gasteiger charge is -2.12. The van der Waals surface area contributed by atoms with Gasteiger partial charge in [-0.1, -0.05) is 0 Å². The van der Waals surface area contributed by atoms with Crippen molar-refractivity contribution in [1.82, 2.24) is 0 Å². The van der Waals surface area contributed by atoms with Crippen LogP contribution in [-0.2, 0) is 16.0 Å². The molecule has 2 heterocycles. The Morgan fingerprint density at radius 3 is 2.59 bits per heavy atom. The van der Waals surface area contributed by atoms with Crippen LogP contribution < -0.4 is 24.4 Å². The maximum Gasteiger partial charge on any atom is 0.334 e. The number of esters is 1. The topological polar surface area (TPSA) is 93.4 Å². The van der Waals surface area contributed by atoms with Crippen LogP contribution in [0.5, 0.6) is 23.0 Å². The summed E-state index contributed by atoms with van der Waals surface area (Å²) in [5.41, 5.74) is 1.30. The van der Waals surface area contributed by atoms with E-state index in [0.29, 0.717) is 39.5 Å². The van der Waals surface area contributed by atoms with Crippen LogP contribution in [0.3, 0.4) is 0 Å². The molecule has 0 atom stereocenters. The summed E-state index contributed by atoms with van der Waals surface area (Å²) in [4.78, 5) is 25.7. The lowest BCUT2D eigenvalue weighted by atomic mass is 10.0. The van der Waals surface area contributed by atoms with Gasteiger partial charge in [0.2, 0.25) is 6.79 Å². The highest BCUT2D eigenvalue weighted by Gasteiger charge is 2.21. The van der Waals surface area contributed by atoms with Gasteiger partial charge < -0.3 is 28.1 Å². The third-order valence-electron chi connectivity index (χ3n) is 5.03. The minimum Gasteiger partial charge on any atom is -0.497 e. The van der Waals surface area contributed by atoms with Crippen molar-refractivity contribution in [3.05, 3.63) is 63.5 Å². The van der Waals surface area contributed by atoms with E-state index in [0.717, 1.165) is 0 Å². The van der Waals surface area contributed by atoms with Crippen molar-refractivity contribution in [2.24, 2.45) is 0 Å². The van der Waals surface area contributed by atoms with E-state index < -0.39 is 5.97 Å². The summed E-state index contributed by atoms with van der Waals surface area (Å²) >= 11 is 0. The third-order valence-corrected chi connectivity index (χ3v) is 5.03. The first-order valence-corrected chi connectivity index (χ1v) is 9.97. The van der Waals surface area contributed by atoms with Gasteiger partial charge in [0.05, 0.1) is 31.8 Å². The van der Waals surface area contributed by atoms with Gasteiger partial charge in [-0.25, -0.2) is 4.79 Å². The van der Waals surface area contributed by atoms with E-state index in [2.05, 4.69) is 0 Å². The molecule has 0 saturated carbocycles. The van der Waals surface area contributed by atoms with Crippen LogP contribution in [0.15, 0.2) is 51.4 Å². The Labute approximate surface area is 183 Å². The summed E-state index contributed by atoms with van der Waals surface area (Å²) in [7, 11) is 3.06. The number of carbonyl (C=O) groups is 1. The van der Waals surface area contributed by atoms with E-state index in [1.807, 2.05) is 0 Å². The zero-order valence-corrected chi connectivity index (χ0v) is 17.9. The number of methoxy groups -OCH3 is 2. The first-order valence-electron chi connectivity index (χ1n) is 9.97. The molecule has 0 N–H and O–H groups in total. The van der Waals surface area contributed by atoms with E-state index in [9.17, 15) is 9.59 Å². The van der Waals surface area contributed by atoms with Crippen LogP contribution in [0, 0.1) is 0 Å². The van der Waals surface area contributed by atoms with E-state index in [1.165, 1.54) is 26.6 Å². The molecule has 0 bridgehead atoms. The second-order valence-corrected chi connectivity index (χ2v) is 6.97. The maximum absolute atomic E-state index is 13.0. The van der Waals surface area contributed by atoms with Crippen molar-refractivity contribution < 1.29 is 32.9 Å². The fraction of sp³-hybridized carbons (Fsp3) is 0.250. The van der Waals surface area contributed by atoms with Crippen LogP contribution in [0.4, 0.5) is 0 Å². The molecule has 0 radical (unpaired) electrons. The second-order valence-electron chi connectivity index (χ2n) is 6.97. The summed E-state index contributed by atoms with van der Waals surface area (Å²) in [6.07, 6.45) is 2.95. The Morgan fingerprint density at radius 1 is 1.09 bits per heavy atom. The SMILES string of the molecule is CCOC(=O)/C(=C/c1coc2cc(OC)ccc2c1=O)Cc1cc2c(cc1OC)OCO2. The van der Waals surface area contributed by atoms with Gasteiger partial charge >= 0.3 is 5.97 Å². The summed E-state index contributed by atoms with van der Waals surface area (Å²) in [5, 5.41) is 0.378. The van der Waals surface area contributed by atoms with Crippen LogP contribution in [-0.4, -0.2) is 33.6 Å². The third kappa shape index (κ3) is 4.12. The minimum atomic E-state index is -0.540. The highest BCUT2D eigenvalue weighted by molar-refractivity contribution is 5.95. The summed E-state index contributed by atoms with van der Waals surface area (Å²) in [5.74, 6) is 1.69. The molecule has 3 aromatic rings. The average Bonchev–Trinajstić information content (AvgIpc) is 3.26. The van der Waals surface area contributed by atoms with Crippen molar-refractivity contribution in [3.8, 4) is 23.0 Å². The van der Waals surface area contributed by atoms with E-state index in [-0.39, 0.29) is 36.4 Å². The second kappa shape index (κ2) is 9.05. The van der Waals surface area contributed by atoms with Crippen LogP contribution in [0.25, 0.3) is 17.0 Å². The molecule has 2 aromatic carbocycles. The molecular formula is C24H22O8. The molecular weight excluding hydrogens is 416 g/mol. The van der Waals surface area contributed by atoms with Crippen LogP contribution in [0.1, 0.15) is 18.1 Å². The molecule has 1 aliphatic heterocycles. The highest BCUT2D eigenvalue weighted by Crippen LogP contribution is 2.39. The molecule has 0 unspecified atom stereocenters. The molecule has 8 heteroatoms. The monoisotopic (exact) mass is 438 g/mol. The molecule has 1 aromatic heterocycles. The number of ether oxygens (including phenoxy) is 5. The average molecular weight is 438 g/mol. The van der Waals surface area contributed by atoms with Crippen molar-refractivity contribution in [2.45, 2.75) is 13.3 Å². The number of hydrogen-bond donors (Lipinski definition) is 0. The minimum absolute atomic E-state index is 0.117. The smallest absolute Gasteiger partial charge is 0.334 e. The molecule has 4 rings (SSSR count). The van der Waals surface area contributed by atoms with Gasteiger partial charge in [-0.05, 0) is 31.2 Å². The fourth-order valence-corrected chi connectivity index (χ4v) is 3.44. The quantitative estimate of drug-likeness (QED) is 0.407. The van der Waals surface area contributed by atoms with Gasteiger partial charge in [-0.3, -0.25) is 4.79 Å². The number of carbonyl (C=O) groups excluding carboxylic acids is 1. The Bertz CT molecular complexity index is 1250. The molecule has 0 saturated heterocycles. The predicted molar refractivity (Wildman–Crippen MR) is 116 cm³/mol.